The molecule has 142 valence electrons. The standard InChI is InChI=1S/C21H20N4OS2/c1-26-18-11-6-5-10-17(18)25-20(19-12-7-14-27-19)22-23-21(25)24-28-15-13-16-8-3-2-4-9-16/h2-12,14H,13,15H2,1H3,(H,23,24). The van der Waals surface area contributed by atoms with E-state index in [-0.39, 0.29) is 0 Å². The lowest BCUT2D eigenvalue weighted by molar-refractivity contribution is 0.413. The lowest BCUT2D eigenvalue weighted by Crippen LogP contribution is -2.04. The summed E-state index contributed by atoms with van der Waals surface area (Å²) in [6.07, 6.45) is 0.985. The number of aryl methyl sites for hydroxylation is 1. The van der Waals surface area contributed by atoms with Gasteiger partial charge in [-0.05, 0) is 47.5 Å². The van der Waals surface area contributed by atoms with Gasteiger partial charge in [-0.2, -0.15) is 0 Å². The number of hydrogen-bond acceptors (Lipinski definition) is 6. The highest BCUT2D eigenvalue weighted by molar-refractivity contribution is 8.00. The van der Waals surface area contributed by atoms with E-state index in [0.717, 1.165) is 34.3 Å². The quantitative estimate of drug-likeness (QED) is 0.316. The van der Waals surface area contributed by atoms with Crippen LogP contribution in [-0.2, 0) is 6.42 Å². The van der Waals surface area contributed by atoms with Crippen LogP contribution in [0.5, 0.6) is 5.75 Å². The van der Waals surface area contributed by atoms with E-state index >= 15 is 0 Å². The first-order valence-electron chi connectivity index (χ1n) is 8.91. The number of methoxy groups -OCH3 is 1. The third-order valence-corrected chi connectivity index (χ3v) is 5.83. The molecule has 28 heavy (non-hydrogen) atoms. The van der Waals surface area contributed by atoms with Crippen LogP contribution in [0.25, 0.3) is 16.4 Å². The number of rotatable bonds is 8. The summed E-state index contributed by atoms with van der Waals surface area (Å²) in [5.74, 6) is 3.19. The van der Waals surface area contributed by atoms with Crippen LogP contribution in [0, 0.1) is 0 Å². The fraction of sp³-hybridized carbons (Fsp3) is 0.143. The Labute approximate surface area is 172 Å². The normalized spacial score (nSPS) is 10.8. The molecular weight excluding hydrogens is 388 g/mol. The predicted octanol–water partition coefficient (Wildman–Crippen LogP) is 5.31. The zero-order valence-corrected chi connectivity index (χ0v) is 17.0. The van der Waals surface area contributed by atoms with Crippen LogP contribution < -0.4 is 9.46 Å². The van der Waals surface area contributed by atoms with Crippen molar-refractivity contribution in [3.63, 3.8) is 0 Å². The number of nitrogens with one attached hydrogen (secondary N) is 1. The summed E-state index contributed by atoms with van der Waals surface area (Å²) in [6, 6.07) is 22.4. The monoisotopic (exact) mass is 408 g/mol. The van der Waals surface area contributed by atoms with E-state index in [1.807, 2.05) is 52.4 Å². The van der Waals surface area contributed by atoms with Crippen molar-refractivity contribution in [1.29, 1.82) is 0 Å². The summed E-state index contributed by atoms with van der Waals surface area (Å²) >= 11 is 3.26. The van der Waals surface area contributed by atoms with E-state index < -0.39 is 0 Å². The van der Waals surface area contributed by atoms with Gasteiger partial charge in [-0.1, -0.05) is 48.5 Å². The highest BCUT2D eigenvalue weighted by Crippen LogP contribution is 2.33. The molecule has 7 heteroatoms. The van der Waals surface area contributed by atoms with Crippen molar-refractivity contribution in [3.05, 3.63) is 77.7 Å². The van der Waals surface area contributed by atoms with E-state index in [4.69, 9.17) is 4.74 Å². The average molecular weight is 409 g/mol. The van der Waals surface area contributed by atoms with Crippen LogP contribution in [-0.4, -0.2) is 27.6 Å². The van der Waals surface area contributed by atoms with E-state index in [9.17, 15) is 0 Å². The third-order valence-electron chi connectivity index (χ3n) is 4.23. The molecule has 4 rings (SSSR count). The fourth-order valence-corrected chi connectivity index (χ4v) is 4.29. The van der Waals surface area contributed by atoms with Crippen molar-refractivity contribution in [2.24, 2.45) is 0 Å². The predicted molar refractivity (Wildman–Crippen MR) is 117 cm³/mol. The van der Waals surface area contributed by atoms with Gasteiger partial charge in [0.1, 0.15) is 5.75 Å². The SMILES string of the molecule is COc1ccccc1-n1c(NSCCc2ccccc2)nnc1-c1cccs1. The molecule has 0 spiro atoms. The van der Waals surface area contributed by atoms with Crippen molar-refractivity contribution in [2.45, 2.75) is 6.42 Å². The van der Waals surface area contributed by atoms with Crippen LogP contribution >= 0.6 is 23.3 Å². The van der Waals surface area contributed by atoms with Crippen molar-refractivity contribution >= 4 is 29.2 Å². The molecular formula is C21H20N4OS2. The Hall–Kier alpha value is -2.77. The molecule has 0 unspecified atom stereocenters. The summed E-state index contributed by atoms with van der Waals surface area (Å²) in [4.78, 5) is 1.06. The lowest BCUT2D eigenvalue weighted by atomic mass is 10.2. The molecule has 0 aliphatic carbocycles. The number of para-hydroxylation sites is 2. The molecule has 1 N–H and O–H groups in total. The van der Waals surface area contributed by atoms with E-state index in [0.29, 0.717) is 5.95 Å². The first-order valence-corrected chi connectivity index (χ1v) is 10.8. The maximum atomic E-state index is 5.57. The van der Waals surface area contributed by atoms with Gasteiger partial charge in [-0.25, -0.2) is 0 Å². The first kappa shape index (κ1) is 18.6. The van der Waals surface area contributed by atoms with Crippen molar-refractivity contribution < 1.29 is 4.74 Å². The molecule has 0 radical (unpaired) electrons. The van der Waals surface area contributed by atoms with Gasteiger partial charge in [0.25, 0.3) is 0 Å². The van der Waals surface area contributed by atoms with E-state index in [1.165, 1.54) is 5.56 Å². The van der Waals surface area contributed by atoms with Gasteiger partial charge in [-0.15, -0.1) is 21.5 Å². The molecule has 0 atom stereocenters. The maximum Gasteiger partial charge on any atom is 0.239 e. The first-order chi connectivity index (χ1) is 13.9. The number of hydrogen-bond donors (Lipinski definition) is 1. The molecule has 5 nitrogen and oxygen atoms in total. The minimum atomic E-state index is 0.686. The Kier molecular flexibility index (Phi) is 5.94. The zero-order valence-electron chi connectivity index (χ0n) is 15.4. The molecule has 0 saturated heterocycles. The summed E-state index contributed by atoms with van der Waals surface area (Å²) in [5.41, 5.74) is 2.23. The van der Waals surface area contributed by atoms with Gasteiger partial charge < -0.3 is 4.74 Å². The second-order valence-corrected chi connectivity index (χ2v) is 7.87. The average Bonchev–Trinajstić information content (AvgIpc) is 3.41. The van der Waals surface area contributed by atoms with Crippen molar-refractivity contribution in [2.75, 3.05) is 17.6 Å². The van der Waals surface area contributed by atoms with Gasteiger partial charge in [-0.3, -0.25) is 9.29 Å². The Morgan fingerprint density at radius 1 is 1.00 bits per heavy atom. The Balaban J connectivity index is 1.59. The van der Waals surface area contributed by atoms with Gasteiger partial charge in [0.15, 0.2) is 5.82 Å². The van der Waals surface area contributed by atoms with Gasteiger partial charge >= 0.3 is 0 Å². The van der Waals surface area contributed by atoms with E-state index in [1.54, 1.807) is 30.4 Å². The van der Waals surface area contributed by atoms with Crippen LogP contribution in [0.4, 0.5) is 5.95 Å². The minimum Gasteiger partial charge on any atom is -0.495 e. The molecule has 2 aromatic carbocycles. The highest BCUT2D eigenvalue weighted by Gasteiger charge is 2.19. The van der Waals surface area contributed by atoms with Crippen molar-refractivity contribution in [1.82, 2.24) is 14.8 Å². The zero-order chi connectivity index (χ0) is 19.2. The maximum absolute atomic E-state index is 5.57. The van der Waals surface area contributed by atoms with Crippen LogP contribution in [0.1, 0.15) is 5.56 Å². The summed E-state index contributed by atoms with van der Waals surface area (Å²) in [7, 11) is 1.68. The molecule has 0 aliphatic rings. The Bertz CT molecular complexity index is 1020. The second kappa shape index (κ2) is 8.95. The fourth-order valence-electron chi connectivity index (χ4n) is 2.89. The molecule has 0 fully saturated rings. The highest BCUT2D eigenvalue weighted by atomic mass is 32.2. The number of nitrogens with zero attached hydrogens (tertiary/aromatic N) is 3. The van der Waals surface area contributed by atoms with Gasteiger partial charge in [0.2, 0.25) is 5.95 Å². The largest absolute Gasteiger partial charge is 0.495 e. The summed E-state index contributed by atoms with van der Waals surface area (Å²) in [6.45, 7) is 0. The minimum absolute atomic E-state index is 0.686. The Morgan fingerprint density at radius 2 is 1.82 bits per heavy atom. The number of thiophene rings is 1. The smallest absolute Gasteiger partial charge is 0.239 e. The third kappa shape index (κ3) is 4.05. The molecule has 2 heterocycles. The van der Waals surface area contributed by atoms with Crippen LogP contribution in [0.15, 0.2) is 72.1 Å². The molecule has 0 amide bonds. The topological polar surface area (TPSA) is 52.0 Å². The second-order valence-electron chi connectivity index (χ2n) is 6.02. The number of aromatic nitrogens is 3. The molecule has 4 aromatic rings. The summed E-state index contributed by atoms with van der Waals surface area (Å²) in [5, 5.41) is 10.9. The Morgan fingerprint density at radius 3 is 2.61 bits per heavy atom. The lowest BCUT2D eigenvalue weighted by Gasteiger charge is -2.14. The van der Waals surface area contributed by atoms with Gasteiger partial charge in [0, 0.05) is 5.75 Å². The number of ether oxygens (including phenoxy) is 1. The molecule has 2 aromatic heterocycles. The molecule has 0 aliphatic heterocycles. The number of anilines is 1. The summed E-state index contributed by atoms with van der Waals surface area (Å²) < 4.78 is 11.0. The van der Waals surface area contributed by atoms with Gasteiger partial charge in [0.05, 0.1) is 17.7 Å². The van der Waals surface area contributed by atoms with Crippen LogP contribution in [0.2, 0.25) is 0 Å². The van der Waals surface area contributed by atoms with Crippen LogP contribution in [0.3, 0.4) is 0 Å². The number of benzene rings is 2. The molecule has 0 bridgehead atoms. The van der Waals surface area contributed by atoms with E-state index in [2.05, 4.69) is 39.2 Å². The molecule has 0 saturated carbocycles. The van der Waals surface area contributed by atoms with Crippen molar-refractivity contribution in [3.8, 4) is 22.1 Å².